The second kappa shape index (κ2) is 7.72. The molecule has 0 bridgehead atoms. The first-order valence-electron chi connectivity index (χ1n) is 8.52. The first kappa shape index (κ1) is 18.0. The largest absolute Gasteiger partial charge is 0.438 e. The van der Waals surface area contributed by atoms with Crippen LogP contribution in [-0.4, -0.2) is 45.8 Å². The second-order valence-corrected chi connectivity index (χ2v) is 7.05. The lowest BCUT2D eigenvalue weighted by Crippen LogP contribution is -2.48. The molecule has 4 rings (SSSR count). The Morgan fingerprint density at radius 3 is 2.56 bits per heavy atom. The molecule has 1 fully saturated rings. The van der Waals surface area contributed by atoms with Gasteiger partial charge in [-0.25, -0.2) is 9.78 Å². The highest BCUT2D eigenvalue weighted by Crippen LogP contribution is 2.27. The van der Waals surface area contributed by atoms with E-state index in [-0.39, 0.29) is 5.89 Å². The molecule has 9 heteroatoms. The van der Waals surface area contributed by atoms with Gasteiger partial charge >= 0.3 is 5.76 Å². The summed E-state index contributed by atoms with van der Waals surface area (Å²) < 4.78 is 6.60. The molecule has 0 spiro atoms. The maximum absolute atomic E-state index is 12.2. The van der Waals surface area contributed by atoms with E-state index in [0.29, 0.717) is 22.3 Å². The lowest BCUT2D eigenvalue weighted by atomic mass is 10.2. The van der Waals surface area contributed by atoms with E-state index in [2.05, 4.69) is 19.9 Å². The molecule has 0 amide bonds. The average Bonchev–Trinajstić information content (AvgIpc) is 3.06. The van der Waals surface area contributed by atoms with Gasteiger partial charge in [0, 0.05) is 37.9 Å². The van der Waals surface area contributed by atoms with Gasteiger partial charge in [0.25, 0.3) is 0 Å². The smallest absolute Gasteiger partial charge is 0.388 e. The number of piperazine rings is 1. The maximum atomic E-state index is 12.2. The molecule has 1 aromatic carbocycles. The Labute approximate surface area is 165 Å². The van der Waals surface area contributed by atoms with Crippen molar-refractivity contribution < 1.29 is 4.42 Å². The zero-order chi connectivity index (χ0) is 18.8. The van der Waals surface area contributed by atoms with Crippen LogP contribution in [0, 0.1) is 0 Å². The van der Waals surface area contributed by atoms with Gasteiger partial charge in [-0.2, -0.15) is 4.68 Å². The molecule has 0 N–H and O–H groups in total. The molecule has 3 heterocycles. The van der Waals surface area contributed by atoms with Crippen molar-refractivity contribution in [3.8, 4) is 11.5 Å². The van der Waals surface area contributed by atoms with Gasteiger partial charge < -0.3 is 9.32 Å². The van der Waals surface area contributed by atoms with E-state index in [1.807, 2.05) is 18.2 Å². The summed E-state index contributed by atoms with van der Waals surface area (Å²) in [4.78, 5) is 20.9. The van der Waals surface area contributed by atoms with Crippen molar-refractivity contribution in [2.24, 2.45) is 0 Å². The summed E-state index contributed by atoms with van der Waals surface area (Å²) >= 11 is 12.0. The van der Waals surface area contributed by atoms with Crippen LogP contribution in [0.5, 0.6) is 0 Å². The van der Waals surface area contributed by atoms with Crippen LogP contribution in [0.25, 0.3) is 11.5 Å². The summed E-state index contributed by atoms with van der Waals surface area (Å²) in [5.74, 6) is 0.701. The number of nitrogens with zero attached hydrogens (tertiary/aromatic N) is 5. The minimum atomic E-state index is -0.497. The molecule has 1 aliphatic rings. The van der Waals surface area contributed by atoms with Crippen LogP contribution in [0.15, 0.2) is 51.8 Å². The fourth-order valence-electron chi connectivity index (χ4n) is 2.99. The van der Waals surface area contributed by atoms with E-state index in [1.54, 1.807) is 24.4 Å². The number of anilines is 1. The maximum Gasteiger partial charge on any atom is 0.438 e. The Bertz CT molecular complexity index is 981. The molecule has 0 atom stereocenters. The first-order chi connectivity index (χ1) is 13.1. The number of rotatable bonds is 4. The van der Waals surface area contributed by atoms with Gasteiger partial charge in [-0.15, -0.1) is 5.10 Å². The second-order valence-electron chi connectivity index (χ2n) is 6.24. The molecule has 2 aromatic heterocycles. The first-order valence-corrected chi connectivity index (χ1v) is 9.27. The van der Waals surface area contributed by atoms with E-state index in [0.717, 1.165) is 32.0 Å². The van der Waals surface area contributed by atoms with E-state index in [1.165, 1.54) is 4.68 Å². The predicted molar refractivity (Wildman–Crippen MR) is 104 cm³/mol. The van der Waals surface area contributed by atoms with Crippen molar-refractivity contribution in [1.29, 1.82) is 0 Å². The van der Waals surface area contributed by atoms with Crippen LogP contribution in [0.4, 0.5) is 5.82 Å². The number of hydrogen-bond donors (Lipinski definition) is 0. The van der Waals surface area contributed by atoms with Gasteiger partial charge in [-0.3, -0.25) is 4.90 Å². The van der Waals surface area contributed by atoms with Crippen molar-refractivity contribution in [2.75, 3.05) is 31.1 Å². The highest BCUT2D eigenvalue weighted by Gasteiger charge is 2.20. The standard InChI is InChI=1S/C18H17Cl2N5O2/c19-14-5-4-13(11-15(14)20)17-22-25(18(26)27-17)12-23-7-9-24(10-8-23)16-3-1-2-6-21-16/h1-6,11H,7-10,12H2. The molecule has 7 nitrogen and oxygen atoms in total. The number of aromatic nitrogens is 3. The van der Waals surface area contributed by atoms with Gasteiger partial charge in [-0.05, 0) is 30.3 Å². The average molecular weight is 406 g/mol. The highest BCUT2D eigenvalue weighted by molar-refractivity contribution is 6.42. The molecule has 1 aliphatic heterocycles. The normalized spacial score (nSPS) is 15.3. The SMILES string of the molecule is O=c1oc(-c2ccc(Cl)c(Cl)c2)nn1CN1CCN(c2ccccn2)CC1. The van der Waals surface area contributed by atoms with E-state index in [9.17, 15) is 4.79 Å². The Kier molecular flexibility index (Phi) is 5.15. The van der Waals surface area contributed by atoms with Crippen molar-refractivity contribution in [3.63, 3.8) is 0 Å². The minimum absolute atomic E-state index is 0.227. The predicted octanol–water partition coefficient (Wildman–Crippen LogP) is 2.98. The van der Waals surface area contributed by atoms with Crippen LogP contribution in [0.1, 0.15) is 0 Å². The van der Waals surface area contributed by atoms with Gasteiger partial charge in [-0.1, -0.05) is 29.3 Å². The zero-order valence-corrected chi connectivity index (χ0v) is 15.9. The molecule has 0 aliphatic carbocycles. The monoisotopic (exact) mass is 405 g/mol. The number of hydrogen-bond acceptors (Lipinski definition) is 6. The molecule has 0 radical (unpaired) electrons. The third-order valence-corrected chi connectivity index (χ3v) is 5.19. The Morgan fingerprint density at radius 1 is 1.04 bits per heavy atom. The molecule has 0 saturated carbocycles. The zero-order valence-electron chi connectivity index (χ0n) is 14.4. The Morgan fingerprint density at radius 2 is 1.85 bits per heavy atom. The summed E-state index contributed by atoms with van der Waals surface area (Å²) in [7, 11) is 0. The third-order valence-electron chi connectivity index (χ3n) is 4.45. The molecular weight excluding hydrogens is 389 g/mol. The Hall–Kier alpha value is -2.35. The van der Waals surface area contributed by atoms with Gasteiger partial charge in [0.15, 0.2) is 0 Å². The summed E-state index contributed by atoms with van der Waals surface area (Å²) in [5, 5.41) is 5.11. The van der Waals surface area contributed by atoms with Crippen LogP contribution < -0.4 is 10.7 Å². The molecule has 0 unspecified atom stereocenters. The van der Waals surface area contributed by atoms with E-state index in [4.69, 9.17) is 27.6 Å². The lowest BCUT2D eigenvalue weighted by Gasteiger charge is -2.34. The molecule has 140 valence electrons. The fourth-order valence-corrected chi connectivity index (χ4v) is 3.29. The summed E-state index contributed by atoms with van der Waals surface area (Å²) in [5.41, 5.74) is 0.611. The molecular formula is C18H17Cl2N5O2. The van der Waals surface area contributed by atoms with Gasteiger partial charge in [0.2, 0.25) is 5.89 Å². The number of pyridine rings is 1. The van der Waals surface area contributed by atoms with Crippen LogP contribution in [0.3, 0.4) is 0 Å². The minimum Gasteiger partial charge on any atom is -0.388 e. The van der Waals surface area contributed by atoms with Crippen LogP contribution in [-0.2, 0) is 6.67 Å². The third kappa shape index (κ3) is 4.00. The summed E-state index contributed by atoms with van der Waals surface area (Å²) in [6.07, 6.45) is 1.79. The van der Waals surface area contributed by atoms with Crippen molar-refractivity contribution in [1.82, 2.24) is 19.7 Å². The Balaban J connectivity index is 1.43. The summed E-state index contributed by atoms with van der Waals surface area (Å²) in [6, 6.07) is 10.9. The fraction of sp³-hybridized carbons (Fsp3) is 0.278. The van der Waals surface area contributed by atoms with Crippen molar-refractivity contribution >= 4 is 29.0 Å². The van der Waals surface area contributed by atoms with Crippen molar-refractivity contribution in [3.05, 3.63) is 63.2 Å². The summed E-state index contributed by atoms with van der Waals surface area (Å²) in [6.45, 7) is 3.65. The quantitative estimate of drug-likeness (QED) is 0.664. The molecule has 27 heavy (non-hydrogen) atoms. The number of halogens is 2. The van der Waals surface area contributed by atoms with Gasteiger partial charge in [0.05, 0.1) is 10.0 Å². The molecule has 3 aromatic rings. The topological polar surface area (TPSA) is 67.4 Å². The van der Waals surface area contributed by atoms with Crippen LogP contribution >= 0.6 is 23.2 Å². The van der Waals surface area contributed by atoms with E-state index >= 15 is 0 Å². The van der Waals surface area contributed by atoms with E-state index < -0.39 is 5.76 Å². The van der Waals surface area contributed by atoms with Gasteiger partial charge in [0.1, 0.15) is 12.5 Å². The van der Waals surface area contributed by atoms with Crippen molar-refractivity contribution in [2.45, 2.75) is 6.67 Å². The molecule has 1 saturated heterocycles. The van der Waals surface area contributed by atoms with Crippen LogP contribution in [0.2, 0.25) is 10.0 Å². The highest BCUT2D eigenvalue weighted by atomic mass is 35.5. The lowest BCUT2D eigenvalue weighted by molar-refractivity contribution is 0.189. The number of benzene rings is 1.